The van der Waals surface area contributed by atoms with Gasteiger partial charge in [-0.2, -0.15) is 23.5 Å². The van der Waals surface area contributed by atoms with E-state index in [9.17, 15) is 29.4 Å². The predicted octanol–water partition coefficient (Wildman–Crippen LogP) is -3.21. The van der Waals surface area contributed by atoms with Gasteiger partial charge in [-0.25, -0.2) is 9.59 Å². The summed E-state index contributed by atoms with van der Waals surface area (Å²) in [6, 6.07) is -1.61. The van der Waals surface area contributed by atoms with Gasteiger partial charge in [-0.1, -0.05) is 0 Å². The standard InChI is InChI=1S/2C15H31N5O3S/c2*1-24-11-2-13(15(22)23)19-14(21)12-20-9-7-17-5-3-16-4-6-18-8-10-20/h2*13,16-18H,2-12H2,1H3,(H,19,21)(H,22,23). The lowest BCUT2D eigenvalue weighted by Gasteiger charge is -2.24. The van der Waals surface area contributed by atoms with Crippen molar-refractivity contribution < 1.29 is 29.4 Å². The van der Waals surface area contributed by atoms with Gasteiger partial charge < -0.3 is 52.7 Å². The molecule has 280 valence electrons. The van der Waals surface area contributed by atoms with E-state index in [0.29, 0.717) is 24.3 Å². The molecule has 2 rings (SSSR count). The van der Waals surface area contributed by atoms with Crippen molar-refractivity contribution >= 4 is 47.3 Å². The number of carbonyl (C=O) groups excluding carboxylic acids is 2. The van der Waals surface area contributed by atoms with Crippen molar-refractivity contribution in [2.45, 2.75) is 24.9 Å². The van der Waals surface area contributed by atoms with Crippen LogP contribution in [0.5, 0.6) is 0 Å². The molecule has 2 atom stereocenters. The van der Waals surface area contributed by atoms with Gasteiger partial charge in [0, 0.05) is 105 Å². The number of hydrogen-bond acceptors (Lipinski definition) is 14. The second kappa shape index (κ2) is 30.1. The second-order valence-electron chi connectivity index (χ2n) is 11.5. The highest BCUT2D eigenvalue weighted by Gasteiger charge is 2.22. The van der Waals surface area contributed by atoms with Gasteiger partial charge in [0.05, 0.1) is 13.1 Å². The highest BCUT2D eigenvalue weighted by atomic mass is 32.2. The zero-order valence-electron chi connectivity index (χ0n) is 28.9. The third-order valence-electron chi connectivity index (χ3n) is 7.56. The molecule has 10 N–H and O–H groups in total. The van der Waals surface area contributed by atoms with Gasteiger partial charge in [-0.3, -0.25) is 19.4 Å². The summed E-state index contributed by atoms with van der Waals surface area (Å²) in [5, 5.41) is 43.7. The van der Waals surface area contributed by atoms with Crippen molar-refractivity contribution in [1.82, 2.24) is 52.3 Å². The molecule has 0 aromatic rings. The molecule has 0 radical (unpaired) electrons. The minimum absolute atomic E-state index is 0.225. The maximum Gasteiger partial charge on any atom is 0.326 e. The van der Waals surface area contributed by atoms with Crippen molar-refractivity contribution in [3.05, 3.63) is 0 Å². The maximum atomic E-state index is 12.2. The predicted molar refractivity (Wildman–Crippen MR) is 195 cm³/mol. The molecule has 2 amide bonds. The summed E-state index contributed by atoms with van der Waals surface area (Å²) in [7, 11) is 0. The van der Waals surface area contributed by atoms with Crippen LogP contribution in [0.1, 0.15) is 12.8 Å². The van der Waals surface area contributed by atoms with Crippen LogP contribution in [0.2, 0.25) is 0 Å². The SMILES string of the molecule is CSCCC(NC(=O)CN1CCNCCNCCNCC1)C(=O)O.CSCCC(NC(=O)CN1CCNCCNCCNCC1)C(=O)O. The number of thioether (sulfide) groups is 2. The Bertz CT molecular complexity index is 790. The third-order valence-corrected chi connectivity index (χ3v) is 8.84. The van der Waals surface area contributed by atoms with Gasteiger partial charge >= 0.3 is 11.9 Å². The highest BCUT2D eigenvalue weighted by molar-refractivity contribution is 7.98. The summed E-state index contributed by atoms with van der Waals surface area (Å²) >= 11 is 3.15. The van der Waals surface area contributed by atoms with Crippen LogP contribution in [0, 0.1) is 0 Å². The van der Waals surface area contributed by atoms with Crippen LogP contribution in [0.3, 0.4) is 0 Å². The van der Waals surface area contributed by atoms with Crippen molar-refractivity contribution in [3.8, 4) is 0 Å². The molecule has 2 heterocycles. The molecule has 2 aliphatic rings. The quantitative estimate of drug-likeness (QED) is 0.0855. The lowest BCUT2D eigenvalue weighted by atomic mass is 10.2. The number of amides is 2. The molecule has 2 fully saturated rings. The molecule has 2 unspecified atom stereocenters. The molecule has 16 nitrogen and oxygen atoms in total. The van der Waals surface area contributed by atoms with Crippen molar-refractivity contribution in [2.24, 2.45) is 0 Å². The molecule has 0 aromatic heterocycles. The number of carboxylic acids is 2. The van der Waals surface area contributed by atoms with Gasteiger partial charge in [0.25, 0.3) is 0 Å². The molecule has 2 aliphatic heterocycles. The monoisotopic (exact) mass is 722 g/mol. The summed E-state index contributed by atoms with van der Waals surface area (Å²) in [5.41, 5.74) is 0. The van der Waals surface area contributed by atoms with Gasteiger partial charge in [-0.05, 0) is 36.9 Å². The van der Waals surface area contributed by atoms with E-state index in [0.717, 1.165) is 105 Å². The summed E-state index contributed by atoms with van der Waals surface area (Å²) in [4.78, 5) is 50.9. The lowest BCUT2D eigenvalue weighted by Crippen LogP contribution is -2.48. The Kier molecular flexibility index (Phi) is 27.8. The second-order valence-corrected chi connectivity index (χ2v) is 13.5. The van der Waals surface area contributed by atoms with Crippen molar-refractivity contribution in [1.29, 1.82) is 0 Å². The normalized spacial score (nSPS) is 19.7. The van der Waals surface area contributed by atoms with Crippen molar-refractivity contribution in [2.75, 3.05) is 142 Å². The molecule has 2 saturated heterocycles. The van der Waals surface area contributed by atoms with Gasteiger partial charge in [0.2, 0.25) is 11.8 Å². The topological polar surface area (TPSA) is 211 Å². The Balaban J connectivity index is 0.000000480. The Hall–Kier alpha value is -1.74. The van der Waals surface area contributed by atoms with E-state index in [1.807, 2.05) is 12.5 Å². The average Bonchev–Trinajstić information content (AvgIpc) is 3.04. The molecule has 0 spiro atoms. The van der Waals surface area contributed by atoms with E-state index < -0.39 is 24.0 Å². The first-order valence-corrected chi connectivity index (χ1v) is 19.8. The molecule has 18 heteroatoms. The van der Waals surface area contributed by atoms with Crippen molar-refractivity contribution in [3.63, 3.8) is 0 Å². The van der Waals surface area contributed by atoms with E-state index in [-0.39, 0.29) is 24.9 Å². The van der Waals surface area contributed by atoms with Gasteiger partial charge in [0.15, 0.2) is 0 Å². The van der Waals surface area contributed by atoms with E-state index in [2.05, 4.69) is 52.3 Å². The Morgan fingerprint density at radius 1 is 0.542 bits per heavy atom. The minimum atomic E-state index is -0.970. The first-order chi connectivity index (χ1) is 23.3. The van der Waals surface area contributed by atoms with Crippen LogP contribution in [-0.2, 0) is 19.2 Å². The van der Waals surface area contributed by atoms with E-state index >= 15 is 0 Å². The third kappa shape index (κ3) is 24.4. The van der Waals surface area contributed by atoms with Gasteiger partial charge in [-0.15, -0.1) is 0 Å². The number of aliphatic carboxylic acids is 2. The first-order valence-electron chi connectivity index (χ1n) is 17.0. The van der Waals surface area contributed by atoms with Gasteiger partial charge in [0.1, 0.15) is 12.1 Å². The molecule has 48 heavy (non-hydrogen) atoms. The number of nitrogens with zero attached hydrogens (tertiary/aromatic N) is 2. The van der Waals surface area contributed by atoms with Crippen LogP contribution >= 0.6 is 23.5 Å². The van der Waals surface area contributed by atoms with E-state index in [1.165, 1.54) is 0 Å². The lowest BCUT2D eigenvalue weighted by molar-refractivity contribution is -0.142. The number of rotatable bonds is 14. The molecule has 0 bridgehead atoms. The summed E-state index contributed by atoms with van der Waals surface area (Å²) in [6.07, 6.45) is 4.73. The zero-order valence-corrected chi connectivity index (χ0v) is 30.6. The molecule has 0 aliphatic carbocycles. The Morgan fingerprint density at radius 3 is 1.06 bits per heavy atom. The van der Waals surface area contributed by atoms with Crippen LogP contribution in [0.15, 0.2) is 0 Å². The average molecular weight is 723 g/mol. The number of nitrogens with one attached hydrogen (secondary N) is 8. The molecular weight excluding hydrogens is 661 g/mol. The fourth-order valence-electron chi connectivity index (χ4n) is 4.82. The zero-order chi connectivity index (χ0) is 35.2. The number of carbonyl (C=O) groups is 4. The fraction of sp³-hybridized carbons (Fsp3) is 0.867. The number of carboxylic acid groups (broad SMARTS) is 2. The largest absolute Gasteiger partial charge is 0.480 e. The summed E-state index contributed by atoms with van der Waals surface area (Å²) in [5.74, 6) is -0.968. The summed E-state index contributed by atoms with van der Waals surface area (Å²) in [6.45, 7) is 14.0. The smallest absolute Gasteiger partial charge is 0.326 e. The van der Waals surface area contributed by atoms with E-state index in [4.69, 9.17) is 0 Å². The highest BCUT2D eigenvalue weighted by Crippen LogP contribution is 2.02. The van der Waals surface area contributed by atoms with Crippen LogP contribution in [0.4, 0.5) is 0 Å². The molecule has 0 aromatic carbocycles. The van der Waals surface area contributed by atoms with Crippen LogP contribution < -0.4 is 42.5 Å². The van der Waals surface area contributed by atoms with E-state index in [1.54, 1.807) is 23.5 Å². The Labute approximate surface area is 295 Å². The Morgan fingerprint density at radius 2 is 0.812 bits per heavy atom. The fourth-order valence-corrected chi connectivity index (χ4v) is 5.76. The van der Waals surface area contributed by atoms with Crippen LogP contribution in [-0.4, -0.2) is 198 Å². The number of hydrogen-bond donors (Lipinski definition) is 10. The van der Waals surface area contributed by atoms with Crippen LogP contribution in [0.25, 0.3) is 0 Å². The minimum Gasteiger partial charge on any atom is -0.480 e. The maximum absolute atomic E-state index is 12.2. The summed E-state index contributed by atoms with van der Waals surface area (Å²) < 4.78 is 0. The first kappa shape index (κ1) is 44.3. The molecule has 0 saturated carbocycles. The molecular formula is C30H62N10O6S2.